The second-order valence-electron chi connectivity index (χ2n) is 6.47. The van der Waals surface area contributed by atoms with Gasteiger partial charge in [-0.05, 0) is 47.5 Å². The van der Waals surface area contributed by atoms with Crippen molar-refractivity contribution in [1.82, 2.24) is 19.7 Å². The van der Waals surface area contributed by atoms with Crippen molar-refractivity contribution in [3.63, 3.8) is 0 Å². The summed E-state index contributed by atoms with van der Waals surface area (Å²) < 4.78 is 3.87. The lowest BCUT2D eigenvalue weighted by molar-refractivity contribution is 0.251. The summed E-state index contributed by atoms with van der Waals surface area (Å²) in [7, 11) is 0. The molecule has 4 rings (SSSR count). The van der Waals surface area contributed by atoms with Gasteiger partial charge >= 0.3 is 6.03 Å². The molecule has 0 atom stereocenters. The van der Waals surface area contributed by atoms with Crippen LogP contribution in [0.4, 0.5) is 10.5 Å². The molecule has 0 spiro atoms. The summed E-state index contributed by atoms with van der Waals surface area (Å²) in [6.45, 7) is 1.20. The molecule has 2 aromatic carbocycles. The van der Waals surface area contributed by atoms with E-state index in [1.54, 1.807) is 6.20 Å². The summed E-state index contributed by atoms with van der Waals surface area (Å²) in [5, 5.41) is 9.98. The van der Waals surface area contributed by atoms with Gasteiger partial charge < -0.3 is 15.2 Å². The topological polar surface area (TPSA) is 63.9 Å². The molecule has 6 heteroatoms. The molecule has 2 aromatic heterocycles. The number of nitrogens with one attached hydrogen (secondary N) is 2. The highest BCUT2D eigenvalue weighted by Gasteiger charge is 2.04. The van der Waals surface area contributed by atoms with Crippen LogP contribution in [0.15, 0.2) is 91.5 Å². The molecule has 4 aromatic rings. The predicted octanol–water partition coefficient (Wildman–Crippen LogP) is 4.04. The number of carbonyl (C=O) groups is 1. The Bertz CT molecular complexity index is 1020. The molecular weight excluding hydrogens is 350 g/mol. The zero-order chi connectivity index (χ0) is 19.2. The lowest BCUT2D eigenvalue weighted by Gasteiger charge is -2.10. The third kappa shape index (κ3) is 4.48. The predicted molar refractivity (Wildman–Crippen MR) is 109 cm³/mol. The molecule has 0 unspecified atom stereocenters. The number of rotatable bonds is 6. The maximum Gasteiger partial charge on any atom is 0.319 e. The Labute approximate surface area is 163 Å². The number of aromatic nitrogens is 3. The first-order valence-corrected chi connectivity index (χ1v) is 9.10. The quantitative estimate of drug-likeness (QED) is 0.537. The lowest BCUT2D eigenvalue weighted by Crippen LogP contribution is -2.28. The van der Waals surface area contributed by atoms with Crippen molar-refractivity contribution in [1.29, 1.82) is 0 Å². The summed E-state index contributed by atoms with van der Waals surface area (Å²) in [5.41, 5.74) is 3.95. The first kappa shape index (κ1) is 17.6. The van der Waals surface area contributed by atoms with E-state index in [4.69, 9.17) is 0 Å². The van der Waals surface area contributed by atoms with Crippen LogP contribution in [0, 0.1) is 0 Å². The van der Waals surface area contributed by atoms with Gasteiger partial charge in [0.15, 0.2) is 0 Å². The molecule has 0 aliphatic carbocycles. The van der Waals surface area contributed by atoms with E-state index in [-0.39, 0.29) is 6.03 Å². The largest absolute Gasteiger partial charge is 0.334 e. The summed E-state index contributed by atoms with van der Waals surface area (Å²) >= 11 is 0. The summed E-state index contributed by atoms with van der Waals surface area (Å²) in [6, 6.07) is 21.5. The maximum atomic E-state index is 12.2. The summed E-state index contributed by atoms with van der Waals surface area (Å²) in [4.78, 5) is 12.2. The molecule has 0 radical (unpaired) electrons. The van der Waals surface area contributed by atoms with E-state index in [1.165, 1.54) is 5.56 Å². The van der Waals surface area contributed by atoms with Gasteiger partial charge in [-0.25, -0.2) is 4.79 Å². The Kier molecular flexibility index (Phi) is 5.20. The highest BCUT2D eigenvalue weighted by molar-refractivity contribution is 5.89. The average Bonchev–Trinajstić information content (AvgIpc) is 3.42. The van der Waals surface area contributed by atoms with Crippen LogP contribution in [0.5, 0.6) is 0 Å². The fourth-order valence-corrected chi connectivity index (χ4v) is 2.95. The fourth-order valence-electron chi connectivity index (χ4n) is 2.95. The van der Waals surface area contributed by atoms with Crippen LogP contribution in [-0.2, 0) is 13.1 Å². The van der Waals surface area contributed by atoms with Crippen LogP contribution in [0.25, 0.3) is 5.69 Å². The Morgan fingerprint density at radius 1 is 0.893 bits per heavy atom. The monoisotopic (exact) mass is 371 g/mol. The van der Waals surface area contributed by atoms with Crippen LogP contribution in [0.3, 0.4) is 0 Å². The minimum Gasteiger partial charge on any atom is -0.334 e. The van der Waals surface area contributed by atoms with E-state index in [9.17, 15) is 4.79 Å². The van der Waals surface area contributed by atoms with Gasteiger partial charge in [-0.1, -0.05) is 30.3 Å². The van der Waals surface area contributed by atoms with E-state index in [1.807, 2.05) is 82.4 Å². The normalized spacial score (nSPS) is 10.6. The number of urea groups is 1. The van der Waals surface area contributed by atoms with Gasteiger partial charge in [0.05, 0.1) is 6.54 Å². The molecule has 2 amide bonds. The average molecular weight is 371 g/mol. The van der Waals surface area contributed by atoms with E-state index in [2.05, 4.69) is 27.9 Å². The van der Waals surface area contributed by atoms with Crippen LogP contribution in [-0.4, -0.2) is 20.4 Å². The standard InChI is InChI=1S/C22H21N5O/c28-22(25-20-5-3-6-21(15-20)26-12-1-2-13-26)23-16-18-7-9-19(10-8-18)17-27-14-4-11-24-27/h1-15H,16-17H2,(H2,23,25,28). The highest BCUT2D eigenvalue weighted by Crippen LogP contribution is 2.15. The molecule has 0 fully saturated rings. The second-order valence-corrected chi connectivity index (χ2v) is 6.47. The minimum atomic E-state index is -0.231. The third-order valence-corrected chi connectivity index (χ3v) is 4.39. The van der Waals surface area contributed by atoms with Crippen LogP contribution in [0.1, 0.15) is 11.1 Å². The molecule has 0 bridgehead atoms. The van der Waals surface area contributed by atoms with Crippen molar-refractivity contribution in [3.05, 3.63) is 103 Å². The van der Waals surface area contributed by atoms with Crippen LogP contribution in [0.2, 0.25) is 0 Å². The van der Waals surface area contributed by atoms with E-state index in [0.29, 0.717) is 6.54 Å². The van der Waals surface area contributed by atoms with Gasteiger partial charge in [-0.2, -0.15) is 5.10 Å². The zero-order valence-corrected chi connectivity index (χ0v) is 15.3. The molecule has 28 heavy (non-hydrogen) atoms. The zero-order valence-electron chi connectivity index (χ0n) is 15.3. The molecule has 140 valence electrons. The Balaban J connectivity index is 1.30. The number of carbonyl (C=O) groups excluding carboxylic acids is 1. The number of nitrogens with zero attached hydrogens (tertiary/aromatic N) is 3. The van der Waals surface area contributed by atoms with Gasteiger partial charge in [0.1, 0.15) is 0 Å². The van der Waals surface area contributed by atoms with E-state index in [0.717, 1.165) is 23.5 Å². The Morgan fingerprint density at radius 2 is 1.68 bits per heavy atom. The van der Waals surface area contributed by atoms with Crippen molar-refractivity contribution in [2.75, 3.05) is 5.32 Å². The molecule has 0 saturated carbocycles. The van der Waals surface area contributed by atoms with Crippen molar-refractivity contribution in [3.8, 4) is 5.69 Å². The smallest absolute Gasteiger partial charge is 0.319 e. The molecule has 0 aliphatic rings. The molecule has 2 N–H and O–H groups in total. The Morgan fingerprint density at radius 3 is 2.43 bits per heavy atom. The van der Waals surface area contributed by atoms with Gasteiger partial charge in [-0.3, -0.25) is 4.68 Å². The van der Waals surface area contributed by atoms with Gasteiger partial charge in [-0.15, -0.1) is 0 Å². The number of hydrogen-bond acceptors (Lipinski definition) is 2. The lowest BCUT2D eigenvalue weighted by atomic mass is 10.1. The highest BCUT2D eigenvalue weighted by atomic mass is 16.2. The number of hydrogen-bond donors (Lipinski definition) is 2. The minimum absolute atomic E-state index is 0.231. The third-order valence-electron chi connectivity index (χ3n) is 4.39. The fraction of sp³-hybridized carbons (Fsp3) is 0.0909. The van der Waals surface area contributed by atoms with Crippen LogP contribution >= 0.6 is 0 Å². The van der Waals surface area contributed by atoms with Gasteiger partial charge in [0, 0.05) is 42.7 Å². The number of anilines is 1. The Hall–Kier alpha value is -3.80. The first-order chi connectivity index (χ1) is 13.8. The van der Waals surface area contributed by atoms with Gasteiger partial charge in [0.25, 0.3) is 0 Å². The molecule has 0 saturated heterocycles. The number of amides is 2. The summed E-state index contributed by atoms with van der Waals surface area (Å²) in [5.74, 6) is 0. The van der Waals surface area contributed by atoms with Crippen molar-refractivity contribution < 1.29 is 4.79 Å². The summed E-state index contributed by atoms with van der Waals surface area (Å²) in [6.07, 6.45) is 7.64. The van der Waals surface area contributed by atoms with Crippen molar-refractivity contribution in [2.24, 2.45) is 0 Å². The second kappa shape index (κ2) is 8.26. The van der Waals surface area contributed by atoms with E-state index < -0.39 is 0 Å². The maximum absolute atomic E-state index is 12.2. The first-order valence-electron chi connectivity index (χ1n) is 9.10. The van der Waals surface area contributed by atoms with Crippen molar-refractivity contribution in [2.45, 2.75) is 13.1 Å². The van der Waals surface area contributed by atoms with Crippen molar-refractivity contribution >= 4 is 11.7 Å². The SMILES string of the molecule is O=C(NCc1ccc(Cn2cccn2)cc1)Nc1cccc(-n2cccc2)c1. The van der Waals surface area contributed by atoms with E-state index >= 15 is 0 Å². The number of benzene rings is 2. The molecule has 6 nitrogen and oxygen atoms in total. The molecule has 0 aliphatic heterocycles. The van der Waals surface area contributed by atoms with Crippen LogP contribution < -0.4 is 10.6 Å². The molecular formula is C22H21N5O. The molecule has 2 heterocycles. The van der Waals surface area contributed by atoms with Gasteiger partial charge in [0.2, 0.25) is 0 Å².